The molecule has 0 saturated carbocycles. The van der Waals surface area contributed by atoms with E-state index in [1.807, 2.05) is 27.7 Å². The Morgan fingerprint density at radius 3 is 2.68 bits per heavy atom. The molecule has 2 N–H and O–H groups in total. The highest BCUT2D eigenvalue weighted by Gasteiger charge is 2.16. The molecule has 0 aliphatic carbocycles. The molecule has 1 unspecified atom stereocenters. The predicted molar refractivity (Wildman–Crippen MR) is 71.9 cm³/mol. The van der Waals surface area contributed by atoms with Gasteiger partial charge < -0.3 is 14.9 Å². The summed E-state index contributed by atoms with van der Waals surface area (Å²) in [7, 11) is 0. The topological polar surface area (TPSA) is 71.2 Å². The molecule has 0 aromatic carbocycles. The van der Waals surface area contributed by atoms with Crippen LogP contribution in [0.3, 0.4) is 0 Å². The number of aryl methyl sites for hydroxylation is 3. The highest BCUT2D eigenvalue weighted by atomic mass is 16.5. The Bertz CT molecular complexity index is 559. The van der Waals surface area contributed by atoms with Crippen molar-refractivity contribution in [3.63, 3.8) is 0 Å². The number of nitrogens with zero attached hydrogens (tertiary/aromatic N) is 2. The molecule has 0 radical (unpaired) electrons. The van der Waals surface area contributed by atoms with Crippen LogP contribution in [0, 0.1) is 20.8 Å². The average molecular weight is 261 g/mol. The molecule has 5 heteroatoms. The van der Waals surface area contributed by atoms with Gasteiger partial charge in [0.25, 0.3) is 0 Å². The zero-order valence-corrected chi connectivity index (χ0v) is 11.7. The van der Waals surface area contributed by atoms with Crippen molar-refractivity contribution in [1.29, 1.82) is 0 Å². The Kier molecular flexibility index (Phi) is 3.85. The van der Waals surface area contributed by atoms with Gasteiger partial charge >= 0.3 is 0 Å². The Morgan fingerprint density at radius 2 is 2.05 bits per heavy atom. The Hall–Kier alpha value is -1.88. The minimum Gasteiger partial charge on any atom is -0.506 e. The van der Waals surface area contributed by atoms with Gasteiger partial charge in [-0.1, -0.05) is 5.16 Å². The second-order valence-electron chi connectivity index (χ2n) is 4.76. The molecule has 0 spiro atoms. The van der Waals surface area contributed by atoms with Gasteiger partial charge in [-0.15, -0.1) is 0 Å². The summed E-state index contributed by atoms with van der Waals surface area (Å²) in [4.78, 5) is 4.32. The number of nitrogens with one attached hydrogen (secondary N) is 1. The first-order chi connectivity index (χ1) is 8.99. The van der Waals surface area contributed by atoms with Crippen molar-refractivity contribution < 1.29 is 9.63 Å². The van der Waals surface area contributed by atoms with Crippen LogP contribution in [-0.2, 0) is 6.54 Å². The SMILES string of the molecule is Cc1ccc(O)c(CNC(C)c2c(C)noc2C)n1. The van der Waals surface area contributed by atoms with Crippen LogP contribution in [0.25, 0.3) is 0 Å². The first-order valence-electron chi connectivity index (χ1n) is 6.30. The van der Waals surface area contributed by atoms with Crippen LogP contribution >= 0.6 is 0 Å². The second kappa shape index (κ2) is 5.40. The van der Waals surface area contributed by atoms with Crippen molar-refractivity contribution in [3.8, 4) is 5.75 Å². The lowest BCUT2D eigenvalue weighted by atomic mass is 10.1. The van der Waals surface area contributed by atoms with E-state index in [1.54, 1.807) is 12.1 Å². The van der Waals surface area contributed by atoms with Gasteiger partial charge in [0.2, 0.25) is 0 Å². The molecule has 102 valence electrons. The lowest BCUT2D eigenvalue weighted by molar-refractivity contribution is 0.390. The maximum Gasteiger partial charge on any atom is 0.138 e. The molecular formula is C14H19N3O2. The quantitative estimate of drug-likeness (QED) is 0.885. The van der Waals surface area contributed by atoms with Crippen LogP contribution in [0.2, 0.25) is 0 Å². The molecule has 0 saturated heterocycles. The van der Waals surface area contributed by atoms with Crippen molar-refractivity contribution in [3.05, 3.63) is 40.5 Å². The van der Waals surface area contributed by atoms with Crippen LogP contribution < -0.4 is 5.32 Å². The highest BCUT2D eigenvalue weighted by molar-refractivity contribution is 5.28. The zero-order valence-electron chi connectivity index (χ0n) is 11.7. The fourth-order valence-corrected chi connectivity index (χ4v) is 2.19. The monoisotopic (exact) mass is 261 g/mol. The van der Waals surface area contributed by atoms with Crippen LogP contribution in [0.1, 0.15) is 41.4 Å². The summed E-state index contributed by atoms with van der Waals surface area (Å²) in [6, 6.07) is 3.55. The van der Waals surface area contributed by atoms with Gasteiger partial charge in [-0.05, 0) is 39.8 Å². The number of pyridine rings is 1. The van der Waals surface area contributed by atoms with Gasteiger partial charge in [0.15, 0.2) is 0 Å². The Morgan fingerprint density at radius 1 is 1.32 bits per heavy atom. The number of rotatable bonds is 4. The summed E-state index contributed by atoms with van der Waals surface area (Å²) in [6.45, 7) is 8.26. The van der Waals surface area contributed by atoms with Crippen molar-refractivity contribution in [2.75, 3.05) is 0 Å². The molecule has 0 fully saturated rings. The molecule has 0 aliphatic heterocycles. The molecule has 2 aromatic rings. The number of aromatic hydroxyl groups is 1. The Labute approximate surface area is 112 Å². The third kappa shape index (κ3) is 2.93. The van der Waals surface area contributed by atoms with E-state index in [0.717, 1.165) is 22.7 Å². The van der Waals surface area contributed by atoms with Crippen molar-refractivity contribution in [2.24, 2.45) is 0 Å². The van der Waals surface area contributed by atoms with Crippen molar-refractivity contribution in [2.45, 2.75) is 40.3 Å². The van der Waals surface area contributed by atoms with Gasteiger partial charge in [0.1, 0.15) is 11.5 Å². The fourth-order valence-electron chi connectivity index (χ4n) is 2.19. The van der Waals surface area contributed by atoms with E-state index >= 15 is 0 Å². The van der Waals surface area contributed by atoms with Crippen molar-refractivity contribution >= 4 is 0 Å². The highest BCUT2D eigenvalue weighted by Crippen LogP contribution is 2.22. The van der Waals surface area contributed by atoms with Gasteiger partial charge in [0, 0.05) is 23.8 Å². The molecule has 1 atom stereocenters. The lowest BCUT2D eigenvalue weighted by Crippen LogP contribution is -2.20. The fraction of sp³-hybridized carbons (Fsp3) is 0.429. The van der Waals surface area contributed by atoms with Crippen LogP contribution in [0.4, 0.5) is 0 Å². The first kappa shape index (κ1) is 13.5. The maximum atomic E-state index is 9.75. The minimum absolute atomic E-state index is 0.0907. The van der Waals surface area contributed by atoms with Gasteiger partial charge in [-0.3, -0.25) is 4.98 Å². The summed E-state index contributed by atoms with van der Waals surface area (Å²) in [5.74, 6) is 1.03. The summed E-state index contributed by atoms with van der Waals surface area (Å²) in [5.41, 5.74) is 3.49. The third-order valence-corrected chi connectivity index (χ3v) is 3.19. The maximum absolute atomic E-state index is 9.75. The first-order valence-corrected chi connectivity index (χ1v) is 6.30. The summed E-state index contributed by atoms with van der Waals surface area (Å²) in [5, 5.41) is 17.0. The Balaban J connectivity index is 2.08. The standard InChI is InChI=1S/C14H19N3O2/c1-8-5-6-13(18)12(16-8)7-15-9(2)14-10(3)17-19-11(14)4/h5-6,9,15,18H,7H2,1-4H3. The van der Waals surface area contributed by atoms with E-state index in [2.05, 4.69) is 15.5 Å². The smallest absolute Gasteiger partial charge is 0.138 e. The third-order valence-electron chi connectivity index (χ3n) is 3.19. The normalized spacial score (nSPS) is 12.6. The molecular weight excluding hydrogens is 242 g/mol. The summed E-state index contributed by atoms with van der Waals surface area (Å²) >= 11 is 0. The molecule has 19 heavy (non-hydrogen) atoms. The van der Waals surface area contributed by atoms with E-state index in [-0.39, 0.29) is 11.8 Å². The average Bonchev–Trinajstić information content (AvgIpc) is 2.70. The molecule has 0 bridgehead atoms. The van der Waals surface area contributed by atoms with E-state index in [0.29, 0.717) is 12.2 Å². The largest absolute Gasteiger partial charge is 0.506 e. The zero-order chi connectivity index (χ0) is 14.0. The number of hydrogen-bond acceptors (Lipinski definition) is 5. The van der Waals surface area contributed by atoms with Crippen molar-refractivity contribution in [1.82, 2.24) is 15.5 Å². The molecule has 2 rings (SSSR count). The predicted octanol–water partition coefficient (Wildman–Crippen LogP) is 2.55. The summed E-state index contributed by atoms with van der Waals surface area (Å²) in [6.07, 6.45) is 0. The van der Waals surface area contributed by atoms with Gasteiger partial charge in [-0.2, -0.15) is 0 Å². The van der Waals surface area contributed by atoms with Crippen LogP contribution in [0.15, 0.2) is 16.7 Å². The molecule has 2 heterocycles. The second-order valence-corrected chi connectivity index (χ2v) is 4.76. The molecule has 5 nitrogen and oxygen atoms in total. The number of aromatic nitrogens is 2. The van der Waals surface area contributed by atoms with E-state index < -0.39 is 0 Å². The lowest BCUT2D eigenvalue weighted by Gasteiger charge is -2.14. The van der Waals surface area contributed by atoms with Crippen LogP contribution in [-0.4, -0.2) is 15.2 Å². The number of hydrogen-bond donors (Lipinski definition) is 2. The van der Waals surface area contributed by atoms with Gasteiger partial charge in [0.05, 0.1) is 11.4 Å². The molecule has 0 amide bonds. The van der Waals surface area contributed by atoms with Crippen LogP contribution in [0.5, 0.6) is 5.75 Å². The molecule has 0 aliphatic rings. The van der Waals surface area contributed by atoms with Gasteiger partial charge in [-0.25, -0.2) is 0 Å². The van der Waals surface area contributed by atoms with E-state index in [4.69, 9.17) is 4.52 Å². The van der Waals surface area contributed by atoms with E-state index in [9.17, 15) is 5.11 Å². The molecule has 2 aromatic heterocycles. The van der Waals surface area contributed by atoms with E-state index in [1.165, 1.54) is 0 Å². The minimum atomic E-state index is 0.0907. The summed E-state index contributed by atoms with van der Waals surface area (Å²) < 4.78 is 5.16.